The Kier molecular flexibility index (Phi) is 3.29. The van der Waals surface area contributed by atoms with Gasteiger partial charge in [0.2, 0.25) is 0 Å². The summed E-state index contributed by atoms with van der Waals surface area (Å²) >= 11 is 9.52. The van der Waals surface area contributed by atoms with Crippen molar-refractivity contribution in [1.82, 2.24) is 4.98 Å². The molecule has 0 saturated heterocycles. The second kappa shape index (κ2) is 4.04. The average molecular weight is 257 g/mol. The van der Waals surface area contributed by atoms with E-state index in [2.05, 4.69) is 25.7 Å². The quantitative estimate of drug-likeness (QED) is 0.764. The van der Waals surface area contributed by atoms with E-state index in [0.717, 1.165) is 8.79 Å². The van der Waals surface area contributed by atoms with E-state index in [-0.39, 0.29) is 6.61 Å². The van der Waals surface area contributed by atoms with Crippen LogP contribution in [-0.4, -0.2) is 10.4 Å². The number of rotatable bonds is 2. The minimum Gasteiger partial charge on any atom is -0.448 e. The zero-order valence-electron chi connectivity index (χ0n) is 5.21. The Balaban J connectivity index is 2.45. The number of aromatic nitrogens is 1. The summed E-state index contributed by atoms with van der Waals surface area (Å²) < 4.78 is 5.28. The van der Waals surface area contributed by atoms with Crippen LogP contribution in [0.1, 0.15) is 4.88 Å². The second-order valence-corrected chi connectivity index (χ2v) is 4.31. The highest BCUT2D eigenvalue weighted by Gasteiger charge is 2.01. The molecule has 0 aliphatic rings. The van der Waals surface area contributed by atoms with Gasteiger partial charge in [0.1, 0.15) is 6.61 Å². The van der Waals surface area contributed by atoms with E-state index in [1.165, 1.54) is 11.3 Å². The molecule has 0 aromatic carbocycles. The lowest BCUT2D eigenvalue weighted by molar-refractivity contribution is 0.168. The van der Waals surface area contributed by atoms with Crippen molar-refractivity contribution in [2.45, 2.75) is 6.61 Å². The molecule has 0 aliphatic carbocycles. The standard InChI is InChI=1S/C5H3BrClNO2S/c6-4-8-1-3(11-4)2-10-5(7)9/h1H,2H2. The van der Waals surface area contributed by atoms with E-state index >= 15 is 0 Å². The Morgan fingerprint density at radius 3 is 3.09 bits per heavy atom. The number of nitrogens with zero attached hydrogens (tertiary/aromatic N) is 1. The molecule has 3 nitrogen and oxygen atoms in total. The minimum atomic E-state index is -0.797. The lowest BCUT2D eigenvalue weighted by Gasteiger charge is -1.93. The molecule has 1 aromatic heterocycles. The Labute approximate surface area is 80.5 Å². The summed E-state index contributed by atoms with van der Waals surface area (Å²) in [5, 5.41) is 0. The number of carbonyl (C=O) groups is 1. The van der Waals surface area contributed by atoms with Crippen LogP contribution >= 0.6 is 38.9 Å². The van der Waals surface area contributed by atoms with Crippen LogP contribution in [-0.2, 0) is 11.3 Å². The third-order valence-electron chi connectivity index (χ3n) is 0.853. The van der Waals surface area contributed by atoms with Crippen LogP contribution in [0.5, 0.6) is 0 Å². The molecule has 0 unspecified atom stereocenters. The molecule has 0 bridgehead atoms. The maximum absolute atomic E-state index is 10.1. The van der Waals surface area contributed by atoms with Crippen molar-refractivity contribution in [1.29, 1.82) is 0 Å². The fraction of sp³-hybridized carbons (Fsp3) is 0.200. The zero-order chi connectivity index (χ0) is 8.27. The predicted octanol–water partition coefficient (Wildman–Crippen LogP) is 2.78. The topological polar surface area (TPSA) is 39.2 Å². The summed E-state index contributed by atoms with van der Waals surface area (Å²) in [4.78, 5) is 14.9. The van der Waals surface area contributed by atoms with Crippen molar-refractivity contribution in [2.24, 2.45) is 0 Å². The third-order valence-corrected chi connectivity index (χ3v) is 2.41. The first kappa shape index (κ1) is 8.96. The van der Waals surface area contributed by atoms with Crippen molar-refractivity contribution in [3.63, 3.8) is 0 Å². The van der Waals surface area contributed by atoms with Crippen molar-refractivity contribution < 1.29 is 9.53 Å². The molecule has 0 atom stereocenters. The van der Waals surface area contributed by atoms with Gasteiger partial charge < -0.3 is 4.74 Å². The predicted molar refractivity (Wildman–Crippen MR) is 45.9 cm³/mol. The molecule has 11 heavy (non-hydrogen) atoms. The lowest BCUT2D eigenvalue weighted by Crippen LogP contribution is -1.91. The number of ether oxygens (including phenoxy) is 1. The highest BCUT2D eigenvalue weighted by Crippen LogP contribution is 2.19. The van der Waals surface area contributed by atoms with E-state index in [1.807, 2.05) is 0 Å². The Bertz CT molecular complexity index is 265. The minimum absolute atomic E-state index is 0.186. The number of hydrogen-bond donors (Lipinski definition) is 0. The molecule has 6 heteroatoms. The fourth-order valence-corrected chi connectivity index (χ4v) is 1.80. The first-order chi connectivity index (χ1) is 5.18. The first-order valence-electron chi connectivity index (χ1n) is 2.61. The van der Waals surface area contributed by atoms with Gasteiger partial charge in [0.15, 0.2) is 3.92 Å². The zero-order valence-corrected chi connectivity index (χ0v) is 8.37. The molecule has 0 saturated carbocycles. The summed E-state index contributed by atoms with van der Waals surface area (Å²) in [5.41, 5.74) is -0.797. The molecule has 0 aliphatic heterocycles. The number of hydrogen-bond acceptors (Lipinski definition) is 4. The maximum atomic E-state index is 10.1. The van der Waals surface area contributed by atoms with Crippen molar-refractivity contribution in [3.05, 3.63) is 15.0 Å². The van der Waals surface area contributed by atoms with Gasteiger partial charge in [-0.15, -0.1) is 11.3 Å². The first-order valence-corrected chi connectivity index (χ1v) is 4.59. The van der Waals surface area contributed by atoms with Gasteiger partial charge in [-0.2, -0.15) is 0 Å². The molecule has 0 radical (unpaired) electrons. The van der Waals surface area contributed by atoms with Crippen LogP contribution in [0, 0.1) is 0 Å². The smallest absolute Gasteiger partial charge is 0.404 e. The van der Waals surface area contributed by atoms with E-state index in [1.54, 1.807) is 6.20 Å². The van der Waals surface area contributed by atoms with Gasteiger partial charge in [-0.1, -0.05) is 0 Å². The fourth-order valence-electron chi connectivity index (χ4n) is 0.478. The van der Waals surface area contributed by atoms with E-state index < -0.39 is 5.43 Å². The molecule has 0 fully saturated rings. The summed E-state index contributed by atoms with van der Waals surface area (Å²) in [7, 11) is 0. The molecule has 0 N–H and O–H groups in total. The monoisotopic (exact) mass is 255 g/mol. The average Bonchev–Trinajstić information content (AvgIpc) is 2.31. The van der Waals surface area contributed by atoms with Crippen molar-refractivity contribution in [3.8, 4) is 0 Å². The Morgan fingerprint density at radius 2 is 2.64 bits per heavy atom. The molecular formula is C5H3BrClNO2S. The molecule has 0 amide bonds. The van der Waals surface area contributed by atoms with E-state index in [0.29, 0.717) is 0 Å². The summed E-state index contributed by atoms with van der Waals surface area (Å²) in [6.45, 7) is 0.186. The van der Waals surface area contributed by atoms with Crippen LogP contribution in [0.15, 0.2) is 10.1 Å². The van der Waals surface area contributed by atoms with Crippen LogP contribution in [0.3, 0.4) is 0 Å². The second-order valence-electron chi connectivity index (χ2n) is 1.61. The molecule has 1 rings (SSSR count). The normalized spacial score (nSPS) is 9.64. The Hall–Kier alpha value is -0.130. The lowest BCUT2D eigenvalue weighted by atomic mass is 10.6. The van der Waals surface area contributed by atoms with Gasteiger partial charge in [0.25, 0.3) is 0 Å². The highest BCUT2D eigenvalue weighted by atomic mass is 79.9. The summed E-state index contributed by atoms with van der Waals surface area (Å²) in [5.74, 6) is 0. The number of carbonyl (C=O) groups excluding carboxylic acids is 1. The molecule has 60 valence electrons. The summed E-state index contributed by atoms with van der Waals surface area (Å²) in [6.07, 6.45) is 1.62. The largest absolute Gasteiger partial charge is 0.448 e. The van der Waals surface area contributed by atoms with Crippen LogP contribution in [0.2, 0.25) is 0 Å². The van der Waals surface area contributed by atoms with Gasteiger partial charge in [0.05, 0.1) is 4.88 Å². The van der Waals surface area contributed by atoms with E-state index in [9.17, 15) is 4.79 Å². The molecule has 0 spiro atoms. The SMILES string of the molecule is O=C(Cl)OCc1cnc(Br)s1. The van der Waals surface area contributed by atoms with Gasteiger partial charge in [-0.3, -0.25) is 0 Å². The molecule has 1 heterocycles. The highest BCUT2D eigenvalue weighted by molar-refractivity contribution is 9.11. The maximum Gasteiger partial charge on any atom is 0.404 e. The third kappa shape index (κ3) is 3.18. The van der Waals surface area contributed by atoms with Crippen molar-refractivity contribution in [2.75, 3.05) is 0 Å². The van der Waals surface area contributed by atoms with Gasteiger partial charge in [0, 0.05) is 17.8 Å². The number of halogens is 2. The van der Waals surface area contributed by atoms with E-state index in [4.69, 9.17) is 11.6 Å². The van der Waals surface area contributed by atoms with Crippen LogP contribution in [0.4, 0.5) is 4.79 Å². The summed E-state index contributed by atoms with van der Waals surface area (Å²) in [6, 6.07) is 0. The van der Waals surface area contributed by atoms with Crippen LogP contribution in [0.25, 0.3) is 0 Å². The van der Waals surface area contributed by atoms with Crippen LogP contribution < -0.4 is 0 Å². The van der Waals surface area contributed by atoms with Gasteiger partial charge in [-0.25, -0.2) is 9.78 Å². The van der Waals surface area contributed by atoms with Gasteiger partial charge in [-0.05, 0) is 15.9 Å². The molecule has 1 aromatic rings. The number of thiazole rings is 1. The molecular weight excluding hydrogens is 253 g/mol. The Morgan fingerprint density at radius 1 is 1.91 bits per heavy atom. The van der Waals surface area contributed by atoms with Crippen molar-refractivity contribution >= 4 is 44.3 Å². The van der Waals surface area contributed by atoms with Gasteiger partial charge >= 0.3 is 5.43 Å².